The van der Waals surface area contributed by atoms with Crippen LogP contribution in [0.1, 0.15) is 25.0 Å². The fraction of sp³-hybridized carbons (Fsp3) is 0.625. The topological polar surface area (TPSA) is 26.7 Å². The van der Waals surface area contributed by atoms with E-state index < -0.39 is 0 Å². The zero-order chi connectivity index (χ0) is 14.4. The zero-order valence-electron chi connectivity index (χ0n) is 13.0. The molecule has 0 saturated heterocycles. The van der Waals surface area contributed by atoms with E-state index in [4.69, 9.17) is 0 Å². The van der Waals surface area contributed by atoms with E-state index in [0.29, 0.717) is 11.7 Å². The molecule has 0 aromatic heterocycles. The summed E-state index contributed by atoms with van der Waals surface area (Å²) in [4.78, 5) is 4.61. The number of aromatic hydroxyl groups is 1. The summed E-state index contributed by atoms with van der Waals surface area (Å²) in [5.74, 6) is 1.08. The number of likely N-dealkylation sites (N-methyl/N-ethyl adjacent to an activating group) is 1. The number of phenols is 1. The van der Waals surface area contributed by atoms with E-state index in [-0.39, 0.29) is 0 Å². The molecule has 1 rings (SSSR count). The number of phenolic OH excluding ortho intramolecular Hbond substituents is 1. The summed E-state index contributed by atoms with van der Waals surface area (Å²) in [6, 6.07) is 5.99. The Morgan fingerprint density at radius 1 is 1.16 bits per heavy atom. The molecule has 108 valence electrons. The van der Waals surface area contributed by atoms with Crippen molar-refractivity contribution >= 4 is 0 Å². The van der Waals surface area contributed by atoms with Crippen molar-refractivity contribution in [3.05, 3.63) is 29.3 Å². The van der Waals surface area contributed by atoms with Crippen molar-refractivity contribution in [1.82, 2.24) is 9.80 Å². The Kier molecular flexibility index (Phi) is 6.32. The van der Waals surface area contributed by atoms with Gasteiger partial charge in [0.05, 0.1) is 0 Å². The summed E-state index contributed by atoms with van der Waals surface area (Å²) in [5.41, 5.74) is 1.98. The van der Waals surface area contributed by atoms with Gasteiger partial charge in [0.15, 0.2) is 0 Å². The van der Waals surface area contributed by atoms with E-state index in [1.807, 2.05) is 25.1 Å². The van der Waals surface area contributed by atoms with Crippen LogP contribution in [-0.4, -0.2) is 48.6 Å². The molecule has 0 amide bonds. The Morgan fingerprint density at radius 3 is 2.42 bits per heavy atom. The SMILES string of the molecule is Cc1cccc(CN(CCN(C)C)CC(C)C)c1O. The largest absolute Gasteiger partial charge is 0.507 e. The molecule has 3 nitrogen and oxygen atoms in total. The van der Waals surface area contributed by atoms with E-state index in [0.717, 1.165) is 37.3 Å². The number of hydrogen-bond acceptors (Lipinski definition) is 3. The van der Waals surface area contributed by atoms with Gasteiger partial charge >= 0.3 is 0 Å². The molecule has 0 atom stereocenters. The Labute approximate surface area is 117 Å². The smallest absolute Gasteiger partial charge is 0.122 e. The van der Waals surface area contributed by atoms with E-state index in [9.17, 15) is 5.11 Å². The monoisotopic (exact) mass is 264 g/mol. The Bertz CT molecular complexity index is 388. The molecule has 19 heavy (non-hydrogen) atoms. The minimum absolute atomic E-state index is 0.445. The third kappa shape index (κ3) is 5.62. The summed E-state index contributed by atoms with van der Waals surface area (Å²) in [6.07, 6.45) is 0. The molecule has 0 saturated carbocycles. The average molecular weight is 264 g/mol. The van der Waals surface area contributed by atoms with Crippen LogP contribution in [0.2, 0.25) is 0 Å². The van der Waals surface area contributed by atoms with Gasteiger partial charge < -0.3 is 10.0 Å². The molecule has 0 unspecified atom stereocenters. The average Bonchev–Trinajstić information content (AvgIpc) is 2.31. The Hall–Kier alpha value is -1.06. The Balaban J connectivity index is 2.72. The van der Waals surface area contributed by atoms with Gasteiger partial charge in [-0.05, 0) is 32.5 Å². The molecule has 0 heterocycles. The van der Waals surface area contributed by atoms with Gasteiger partial charge in [-0.15, -0.1) is 0 Å². The normalized spacial score (nSPS) is 11.8. The summed E-state index contributed by atoms with van der Waals surface area (Å²) < 4.78 is 0. The fourth-order valence-electron chi connectivity index (χ4n) is 2.18. The number of benzene rings is 1. The first-order chi connectivity index (χ1) is 8.90. The second-order valence-corrected chi connectivity index (χ2v) is 6.01. The molecule has 0 aliphatic heterocycles. The molecule has 0 spiro atoms. The third-order valence-electron chi connectivity index (χ3n) is 3.20. The van der Waals surface area contributed by atoms with Gasteiger partial charge in [-0.2, -0.15) is 0 Å². The van der Waals surface area contributed by atoms with Crippen LogP contribution in [0.3, 0.4) is 0 Å². The summed E-state index contributed by atoms with van der Waals surface area (Å²) in [5, 5.41) is 10.1. The lowest BCUT2D eigenvalue weighted by Crippen LogP contribution is -2.34. The molecule has 3 heteroatoms. The molecular weight excluding hydrogens is 236 g/mol. The molecule has 0 bridgehead atoms. The molecule has 0 aliphatic carbocycles. The molecule has 0 radical (unpaired) electrons. The maximum atomic E-state index is 10.1. The quantitative estimate of drug-likeness (QED) is 0.820. The highest BCUT2D eigenvalue weighted by Crippen LogP contribution is 2.23. The molecule has 0 aliphatic rings. The predicted octanol–water partition coefficient (Wildman–Crippen LogP) is 2.72. The first kappa shape index (κ1) is 16.0. The van der Waals surface area contributed by atoms with Crippen molar-refractivity contribution in [2.45, 2.75) is 27.3 Å². The van der Waals surface area contributed by atoms with Crippen molar-refractivity contribution in [2.75, 3.05) is 33.7 Å². The fourth-order valence-corrected chi connectivity index (χ4v) is 2.18. The van der Waals surface area contributed by atoms with Gasteiger partial charge in [0.1, 0.15) is 5.75 Å². The lowest BCUT2D eigenvalue weighted by atomic mass is 10.1. The van der Waals surface area contributed by atoms with Crippen LogP contribution < -0.4 is 0 Å². The van der Waals surface area contributed by atoms with E-state index in [1.54, 1.807) is 0 Å². The lowest BCUT2D eigenvalue weighted by Gasteiger charge is -2.26. The first-order valence-electron chi connectivity index (χ1n) is 7.04. The summed E-state index contributed by atoms with van der Waals surface area (Å²) in [6.45, 7) is 10.4. The van der Waals surface area contributed by atoms with Crippen LogP contribution in [0.15, 0.2) is 18.2 Å². The highest BCUT2D eigenvalue weighted by Gasteiger charge is 2.12. The van der Waals surface area contributed by atoms with Gasteiger partial charge in [0, 0.05) is 31.7 Å². The second kappa shape index (κ2) is 7.51. The third-order valence-corrected chi connectivity index (χ3v) is 3.20. The van der Waals surface area contributed by atoms with Gasteiger partial charge in [-0.3, -0.25) is 4.90 Å². The zero-order valence-corrected chi connectivity index (χ0v) is 13.0. The molecule has 0 fully saturated rings. The van der Waals surface area contributed by atoms with Crippen LogP contribution >= 0.6 is 0 Å². The van der Waals surface area contributed by atoms with E-state index in [1.165, 1.54) is 0 Å². The minimum atomic E-state index is 0.445. The van der Waals surface area contributed by atoms with Crippen LogP contribution in [-0.2, 0) is 6.54 Å². The maximum absolute atomic E-state index is 10.1. The standard InChI is InChI=1S/C16H28N2O/c1-13(2)11-18(10-9-17(4)5)12-15-8-6-7-14(3)16(15)19/h6-8,13,19H,9-12H2,1-5H3. The molecule has 1 aromatic carbocycles. The molecular formula is C16H28N2O. The van der Waals surface area contributed by atoms with Gasteiger partial charge in [-0.1, -0.05) is 32.0 Å². The van der Waals surface area contributed by atoms with Crippen molar-refractivity contribution in [3.63, 3.8) is 0 Å². The van der Waals surface area contributed by atoms with Crippen molar-refractivity contribution in [3.8, 4) is 5.75 Å². The first-order valence-corrected chi connectivity index (χ1v) is 7.04. The highest BCUT2D eigenvalue weighted by molar-refractivity contribution is 5.39. The lowest BCUT2D eigenvalue weighted by molar-refractivity contribution is 0.209. The van der Waals surface area contributed by atoms with Crippen LogP contribution in [0.4, 0.5) is 0 Å². The maximum Gasteiger partial charge on any atom is 0.122 e. The van der Waals surface area contributed by atoms with Crippen LogP contribution in [0, 0.1) is 12.8 Å². The van der Waals surface area contributed by atoms with Crippen molar-refractivity contribution < 1.29 is 5.11 Å². The van der Waals surface area contributed by atoms with Crippen LogP contribution in [0.5, 0.6) is 5.75 Å². The number of nitrogens with zero attached hydrogens (tertiary/aromatic N) is 2. The molecule has 1 aromatic rings. The van der Waals surface area contributed by atoms with Crippen molar-refractivity contribution in [1.29, 1.82) is 0 Å². The van der Waals surface area contributed by atoms with E-state index in [2.05, 4.69) is 37.7 Å². The number of para-hydroxylation sites is 1. The van der Waals surface area contributed by atoms with Crippen LogP contribution in [0.25, 0.3) is 0 Å². The van der Waals surface area contributed by atoms with Crippen molar-refractivity contribution in [2.24, 2.45) is 5.92 Å². The minimum Gasteiger partial charge on any atom is -0.507 e. The molecule has 1 N–H and O–H groups in total. The Morgan fingerprint density at radius 2 is 1.84 bits per heavy atom. The summed E-state index contributed by atoms with van der Waals surface area (Å²) >= 11 is 0. The van der Waals surface area contributed by atoms with E-state index >= 15 is 0 Å². The number of aryl methyl sites for hydroxylation is 1. The summed E-state index contributed by atoms with van der Waals surface area (Å²) in [7, 11) is 4.19. The number of rotatable bonds is 7. The van der Waals surface area contributed by atoms with Gasteiger partial charge in [0.2, 0.25) is 0 Å². The second-order valence-electron chi connectivity index (χ2n) is 6.01. The number of hydrogen-bond donors (Lipinski definition) is 1. The predicted molar refractivity (Wildman–Crippen MR) is 81.5 cm³/mol. The highest BCUT2D eigenvalue weighted by atomic mass is 16.3. The van der Waals surface area contributed by atoms with Gasteiger partial charge in [-0.25, -0.2) is 0 Å². The van der Waals surface area contributed by atoms with Gasteiger partial charge in [0.25, 0.3) is 0 Å².